The number of hydrogen-bond donors (Lipinski definition) is 0. The number of piperidine rings is 1. The number of aromatic nitrogens is 1. The number of hydrogen-bond acceptors (Lipinski definition) is 5. The minimum Gasteiger partial charge on any atom is -0.469 e. The topological polar surface area (TPSA) is 60.9 Å². The third-order valence-corrected chi connectivity index (χ3v) is 4.06. The van der Waals surface area contributed by atoms with Crippen molar-refractivity contribution in [2.24, 2.45) is 0 Å². The zero-order valence-electron chi connectivity index (χ0n) is 16.1. The van der Waals surface area contributed by atoms with Crippen molar-refractivity contribution in [1.82, 2.24) is 9.88 Å². The summed E-state index contributed by atoms with van der Waals surface area (Å²) in [6.07, 6.45) is -5.63. The number of rotatable bonds is 3. The van der Waals surface area contributed by atoms with Gasteiger partial charge in [0.05, 0.1) is 12.6 Å². The summed E-state index contributed by atoms with van der Waals surface area (Å²) in [7, 11) is 1.50. The smallest absolute Gasteiger partial charge is 0.433 e. The number of halogens is 3. The van der Waals surface area contributed by atoms with Crippen LogP contribution in [0.25, 0.3) is 0 Å². The number of alkyl halides is 3. The van der Waals surface area contributed by atoms with Crippen LogP contribution in [0.4, 0.5) is 18.0 Å². The molecule has 0 aromatic carbocycles. The van der Waals surface area contributed by atoms with Gasteiger partial charge in [-0.15, -0.1) is 0 Å². The summed E-state index contributed by atoms with van der Waals surface area (Å²) in [5.41, 5.74) is -1.21. The number of nitrogens with zero attached hydrogens (tertiary/aromatic N) is 2. The van der Waals surface area contributed by atoms with E-state index in [2.05, 4.69) is 4.98 Å². The van der Waals surface area contributed by atoms with Gasteiger partial charge in [0.15, 0.2) is 0 Å². The first kappa shape index (κ1) is 21.3. The summed E-state index contributed by atoms with van der Waals surface area (Å²) < 4.78 is 55.3. The van der Waals surface area contributed by atoms with Crippen LogP contribution >= 0.6 is 0 Å². The normalized spacial score (nSPS) is 21.1. The Morgan fingerprint density at radius 3 is 2.44 bits per heavy atom. The number of methoxy groups -OCH3 is 1. The van der Waals surface area contributed by atoms with Gasteiger partial charge in [0.25, 0.3) is 0 Å². The molecule has 1 amide bonds. The van der Waals surface area contributed by atoms with Crippen LogP contribution in [0.15, 0.2) is 12.1 Å². The maximum absolute atomic E-state index is 12.9. The molecule has 0 radical (unpaired) electrons. The number of carbonyl (C=O) groups is 1. The Labute approximate surface area is 156 Å². The highest BCUT2D eigenvalue weighted by molar-refractivity contribution is 5.68. The summed E-state index contributed by atoms with van der Waals surface area (Å²) in [5.74, 6) is -0.122. The van der Waals surface area contributed by atoms with Crippen LogP contribution in [0, 0.1) is 6.92 Å². The second-order valence-corrected chi connectivity index (χ2v) is 7.46. The molecule has 0 saturated carbocycles. The predicted octanol–water partition coefficient (Wildman–Crippen LogP) is 3.81. The predicted molar refractivity (Wildman–Crippen MR) is 91.6 cm³/mol. The molecule has 0 N–H and O–H groups in total. The number of amides is 1. The van der Waals surface area contributed by atoms with E-state index < -0.39 is 29.7 Å². The van der Waals surface area contributed by atoms with Gasteiger partial charge in [-0.3, -0.25) is 0 Å². The van der Waals surface area contributed by atoms with E-state index in [1.54, 1.807) is 27.7 Å². The molecule has 1 aromatic heterocycles. The van der Waals surface area contributed by atoms with E-state index in [1.807, 2.05) is 0 Å². The van der Waals surface area contributed by atoms with Gasteiger partial charge in [-0.25, -0.2) is 9.78 Å². The molecule has 2 rings (SSSR count). The lowest BCUT2D eigenvalue weighted by Gasteiger charge is -2.38. The molecular weight excluding hydrogens is 365 g/mol. The molecule has 27 heavy (non-hydrogen) atoms. The summed E-state index contributed by atoms with van der Waals surface area (Å²) in [6, 6.07) is 2.21. The minimum absolute atomic E-state index is 0.122. The molecule has 2 heterocycles. The van der Waals surface area contributed by atoms with Gasteiger partial charge in [-0.1, -0.05) is 6.07 Å². The largest absolute Gasteiger partial charge is 0.469 e. The van der Waals surface area contributed by atoms with Crippen molar-refractivity contribution in [3.8, 4) is 5.88 Å². The van der Waals surface area contributed by atoms with E-state index >= 15 is 0 Å². The number of ether oxygens (including phenoxy) is 3. The van der Waals surface area contributed by atoms with Crippen LogP contribution in [0.3, 0.4) is 0 Å². The second-order valence-electron chi connectivity index (χ2n) is 7.46. The molecule has 1 aliphatic rings. The van der Waals surface area contributed by atoms with Crippen LogP contribution < -0.4 is 4.74 Å². The van der Waals surface area contributed by atoms with E-state index in [1.165, 1.54) is 18.1 Å². The van der Waals surface area contributed by atoms with Crippen molar-refractivity contribution < 1.29 is 32.2 Å². The lowest BCUT2D eigenvalue weighted by molar-refractivity contribution is -0.141. The zero-order chi connectivity index (χ0) is 20.4. The van der Waals surface area contributed by atoms with Crippen LogP contribution in [-0.2, 0) is 15.7 Å². The quantitative estimate of drug-likeness (QED) is 0.785. The van der Waals surface area contributed by atoms with E-state index in [-0.39, 0.29) is 18.5 Å². The molecule has 1 aromatic rings. The minimum atomic E-state index is -4.57. The van der Waals surface area contributed by atoms with Crippen molar-refractivity contribution in [2.45, 2.75) is 58.1 Å². The molecule has 152 valence electrons. The number of pyridine rings is 1. The molecule has 0 spiro atoms. The highest BCUT2D eigenvalue weighted by atomic mass is 19.4. The SMILES string of the molecule is CO[C@@H]1CCN(C(=O)OC(C)(C)C)C[C@H]1Oc1nc(C(F)(F)F)ccc1C. The van der Waals surface area contributed by atoms with Gasteiger partial charge in [0.2, 0.25) is 5.88 Å². The summed E-state index contributed by atoms with van der Waals surface area (Å²) in [4.78, 5) is 17.4. The van der Waals surface area contributed by atoms with E-state index in [9.17, 15) is 18.0 Å². The molecule has 1 saturated heterocycles. The van der Waals surface area contributed by atoms with Crippen molar-refractivity contribution >= 4 is 6.09 Å². The van der Waals surface area contributed by atoms with Crippen LogP contribution in [0.2, 0.25) is 0 Å². The molecule has 0 bridgehead atoms. The lowest BCUT2D eigenvalue weighted by Crippen LogP contribution is -2.53. The first-order chi connectivity index (χ1) is 12.4. The lowest BCUT2D eigenvalue weighted by atomic mass is 10.0. The number of carbonyl (C=O) groups excluding carboxylic acids is 1. The molecular formula is C18H25F3N2O4. The highest BCUT2D eigenvalue weighted by Crippen LogP contribution is 2.31. The molecule has 1 fully saturated rings. The van der Waals surface area contributed by atoms with Crippen LogP contribution in [-0.4, -0.2) is 54.0 Å². The Balaban J connectivity index is 2.18. The first-order valence-corrected chi connectivity index (χ1v) is 8.63. The third-order valence-electron chi connectivity index (χ3n) is 4.06. The summed E-state index contributed by atoms with van der Waals surface area (Å²) >= 11 is 0. The van der Waals surface area contributed by atoms with Gasteiger partial charge < -0.3 is 19.1 Å². The van der Waals surface area contributed by atoms with Crippen molar-refractivity contribution in [3.63, 3.8) is 0 Å². The van der Waals surface area contributed by atoms with E-state index in [4.69, 9.17) is 14.2 Å². The van der Waals surface area contributed by atoms with Crippen LogP contribution in [0.1, 0.15) is 38.4 Å². The zero-order valence-corrected chi connectivity index (χ0v) is 16.1. The molecule has 9 heteroatoms. The average Bonchev–Trinajstić information content (AvgIpc) is 2.54. The van der Waals surface area contributed by atoms with Gasteiger partial charge >= 0.3 is 12.3 Å². The maximum atomic E-state index is 12.9. The van der Waals surface area contributed by atoms with Gasteiger partial charge in [-0.2, -0.15) is 13.2 Å². The molecule has 2 atom stereocenters. The second kappa shape index (κ2) is 7.92. The van der Waals surface area contributed by atoms with Gasteiger partial charge in [0, 0.05) is 19.2 Å². The van der Waals surface area contributed by atoms with E-state index in [0.29, 0.717) is 18.5 Å². The Hall–Kier alpha value is -2.03. The van der Waals surface area contributed by atoms with Crippen molar-refractivity contribution in [2.75, 3.05) is 20.2 Å². The Bertz CT molecular complexity index is 674. The van der Waals surface area contributed by atoms with Gasteiger partial charge in [-0.05, 0) is 40.2 Å². The van der Waals surface area contributed by atoms with Crippen molar-refractivity contribution in [3.05, 3.63) is 23.4 Å². The first-order valence-electron chi connectivity index (χ1n) is 8.63. The Morgan fingerprint density at radius 1 is 1.22 bits per heavy atom. The summed E-state index contributed by atoms with van der Waals surface area (Å²) in [5, 5.41) is 0. The van der Waals surface area contributed by atoms with Gasteiger partial charge in [0.1, 0.15) is 17.4 Å². The molecule has 6 nitrogen and oxygen atoms in total. The average molecular weight is 390 g/mol. The highest BCUT2D eigenvalue weighted by Gasteiger charge is 2.37. The monoisotopic (exact) mass is 390 g/mol. The fraction of sp³-hybridized carbons (Fsp3) is 0.667. The molecule has 0 unspecified atom stereocenters. The Kier molecular flexibility index (Phi) is 6.24. The number of aryl methyl sites for hydroxylation is 1. The molecule has 1 aliphatic heterocycles. The maximum Gasteiger partial charge on any atom is 0.433 e. The third kappa shape index (κ3) is 5.72. The fourth-order valence-electron chi connectivity index (χ4n) is 2.70. The summed E-state index contributed by atoms with van der Waals surface area (Å²) in [6.45, 7) is 7.43. The molecule has 0 aliphatic carbocycles. The Morgan fingerprint density at radius 2 is 1.89 bits per heavy atom. The standard InChI is InChI=1S/C18H25F3N2O4/c1-11-6-7-14(18(19,20)21)22-15(11)26-13-10-23(9-8-12(13)25-5)16(24)27-17(2,3)4/h6-7,12-13H,8-10H2,1-5H3/t12-,13-/m1/s1. The number of likely N-dealkylation sites (tertiary alicyclic amines) is 1. The van der Waals surface area contributed by atoms with Crippen LogP contribution in [0.5, 0.6) is 5.88 Å². The van der Waals surface area contributed by atoms with E-state index in [0.717, 1.165) is 6.07 Å². The van der Waals surface area contributed by atoms with Crippen molar-refractivity contribution in [1.29, 1.82) is 0 Å². The fourth-order valence-corrected chi connectivity index (χ4v) is 2.70.